The van der Waals surface area contributed by atoms with Gasteiger partial charge in [0.05, 0.1) is 6.20 Å². The Balaban J connectivity index is 1.60. The zero-order valence-corrected chi connectivity index (χ0v) is 16.0. The average Bonchev–Trinajstić information content (AvgIpc) is 3.12. The van der Waals surface area contributed by atoms with Crippen LogP contribution in [0.15, 0.2) is 12.3 Å². The maximum absolute atomic E-state index is 12.0. The minimum absolute atomic E-state index is 0.128. The molecule has 0 radical (unpaired) electrons. The predicted octanol–water partition coefficient (Wildman–Crippen LogP) is 2.33. The number of likely N-dealkylation sites (tertiary alicyclic amines) is 1. The van der Waals surface area contributed by atoms with Crippen LogP contribution in [0.25, 0.3) is 5.65 Å². The van der Waals surface area contributed by atoms with E-state index in [1.807, 2.05) is 44.5 Å². The van der Waals surface area contributed by atoms with E-state index in [0.717, 1.165) is 49.6 Å². The van der Waals surface area contributed by atoms with Crippen LogP contribution in [0.4, 0.5) is 0 Å². The molecule has 1 aliphatic rings. The largest absolute Gasteiger partial charge is 0.355 e. The summed E-state index contributed by atoms with van der Waals surface area (Å²) >= 11 is 0. The van der Waals surface area contributed by atoms with Crippen molar-refractivity contribution in [3.05, 3.63) is 29.2 Å². The molecule has 6 nitrogen and oxygen atoms in total. The standard InChI is InChI=1S/C19H29N5O/c1-13-8-14(2)24-17(22-13)16(10-21-24)12-23-7-6-15(11-23)9-20-18(25)19(3,4)5/h8,10,15H,6-7,9,11-12H2,1-5H3,(H,20,25)/t15-/m0/s1. The number of amides is 1. The van der Waals surface area contributed by atoms with Gasteiger partial charge in [-0.1, -0.05) is 20.8 Å². The van der Waals surface area contributed by atoms with Gasteiger partial charge in [-0.2, -0.15) is 5.10 Å². The molecule has 136 valence electrons. The molecule has 0 bridgehead atoms. The van der Waals surface area contributed by atoms with E-state index < -0.39 is 0 Å². The minimum atomic E-state index is -0.323. The second kappa shape index (κ2) is 6.75. The van der Waals surface area contributed by atoms with Crippen LogP contribution in [-0.2, 0) is 11.3 Å². The number of rotatable bonds is 4. The van der Waals surface area contributed by atoms with Gasteiger partial charge in [0.1, 0.15) is 0 Å². The van der Waals surface area contributed by atoms with Crippen molar-refractivity contribution in [3.63, 3.8) is 0 Å². The molecule has 2 aromatic heterocycles. The zero-order valence-electron chi connectivity index (χ0n) is 16.0. The summed E-state index contributed by atoms with van der Waals surface area (Å²) in [6.45, 7) is 13.6. The number of hydrogen-bond donors (Lipinski definition) is 1. The molecule has 0 aromatic carbocycles. The summed E-state index contributed by atoms with van der Waals surface area (Å²) in [6.07, 6.45) is 3.05. The van der Waals surface area contributed by atoms with Gasteiger partial charge < -0.3 is 5.32 Å². The summed E-state index contributed by atoms with van der Waals surface area (Å²) < 4.78 is 1.92. The fourth-order valence-corrected chi connectivity index (χ4v) is 3.39. The van der Waals surface area contributed by atoms with Crippen LogP contribution in [0.1, 0.15) is 44.1 Å². The van der Waals surface area contributed by atoms with E-state index in [0.29, 0.717) is 5.92 Å². The first kappa shape index (κ1) is 17.9. The maximum Gasteiger partial charge on any atom is 0.225 e. The summed E-state index contributed by atoms with van der Waals surface area (Å²) in [6, 6.07) is 2.05. The lowest BCUT2D eigenvalue weighted by Gasteiger charge is -2.20. The van der Waals surface area contributed by atoms with E-state index in [1.165, 1.54) is 5.56 Å². The molecule has 2 aromatic rings. The van der Waals surface area contributed by atoms with Gasteiger partial charge >= 0.3 is 0 Å². The Labute approximate surface area is 149 Å². The molecule has 1 atom stereocenters. The van der Waals surface area contributed by atoms with Crippen LogP contribution >= 0.6 is 0 Å². The molecule has 0 spiro atoms. The van der Waals surface area contributed by atoms with Crippen molar-refractivity contribution in [3.8, 4) is 0 Å². The molecule has 25 heavy (non-hydrogen) atoms. The van der Waals surface area contributed by atoms with Crippen molar-refractivity contribution in [2.24, 2.45) is 11.3 Å². The third kappa shape index (κ3) is 4.00. The summed E-state index contributed by atoms with van der Waals surface area (Å²) in [4.78, 5) is 19.1. The molecule has 3 heterocycles. The van der Waals surface area contributed by atoms with Gasteiger partial charge in [-0.25, -0.2) is 9.50 Å². The summed E-state index contributed by atoms with van der Waals surface area (Å²) in [5, 5.41) is 7.57. The first-order valence-corrected chi connectivity index (χ1v) is 9.05. The van der Waals surface area contributed by atoms with Crippen LogP contribution in [0, 0.1) is 25.2 Å². The van der Waals surface area contributed by atoms with Crippen molar-refractivity contribution in [2.45, 2.75) is 47.6 Å². The first-order chi connectivity index (χ1) is 11.7. The monoisotopic (exact) mass is 343 g/mol. The fourth-order valence-electron chi connectivity index (χ4n) is 3.39. The number of hydrogen-bond acceptors (Lipinski definition) is 4. The van der Waals surface area contributed by atoms with Gasteiger partial charge in [-0.3, -0.25) is 9.69 Å². The number of aromatic nitrogens is 3. The van der Waals surface area contributed by atoms with E-state index in [9.17, 15) is 4.79 Å². The van der Waals surface area contributed by atoms with Crippen LogP contribution in [0.5, 0.6) is 0 Å². The van der Waals surface area contributed by atoms with Gasteiger partial charge in [0.2, 0.25) is 5.91 Å². The van der Waals surface area contributed by atoms with Crippen molar-refractivity contribution in [2.75, 3.05) is 19.6 Å². The van der Waals surface area contributed by atoms with Crippen molar-refractivity contribution >= 4 is 11.6 Å². The van der Waals surface area contributed by atoms with Crippen LogP contribution in [-0.4, -0.2) is 45.0 Å². The van der Waals surface area contributed by atoms with E-state index >= 15 is 0 Å². The highest BCUT2D eigenvalue weighted by molar-refractivity contribution is 5.81. The quantitative estimate of drug-likeness (QED) is 0.925. The second-order valence-corrected chi connectivity index (χ2v) is 8.29. The Hall–Kier alpha value is -1.95. The van der Waals surface area contributed by atoms with Crippen molar-refractivity contribution in [1.82, 2.24) is 24.8 Å². The molecule has 0 saturated carbocycles. The number of carbonyl (C=O) groups is 1. The number of fused-ring (bicyclic) bond motifs is 1. The minimum Gasteiger partial charge on any atom is -0.355 e. The Morgan fingerprint density at radius 1 is 1.36 bits per heavy atom. The van der Waals surface area contributed by atoms with Gasteiger partial charge in [0.15, 0.2) is 5.65 Å². The van der Waals surface area contributed by atoms with Gasteiger partial charge in [0, 0.05) is 42.0 Å². The van der Waals surface area contributed by atoms with Gasteiger partial charge in [-0.15, -0.1) is 0 Å². The molecule has 1 aliphatic heterocycles. The van der Waals surface area contributed by atoms with E-state index in [1.54, 1.807) is 0 Å². The third-order valence-electron chi connectivity index (χ3n) is 4.85. The number of nitrogens with one attached hydrogen (secondary N) is 1. The Bertz CT molecular complexity index is 774. The molecule has 0 unspecified atom stereocenters. The lowest BCUT2D eigenvalue weighted by Crippen LogP contribution is -2.38. The van der Waals surface area contributed by atoms with Crippen LogP contribution < -0.4 is 5.32 Å². The molecule has 1 N–H and O–H groups in total. The van der Waals surface area contributed by atoms with Crippen LogP contribution in [0.2, 0.25) is 0 Å². The summed E-state index contributed by atoms with van der Waals surface area (Å²) in [5.74, 6) is 0.647. The van der Waals surface area contributed by atoms with Crippen LogP contribution in [0.3, 0.4) is 0 Å². The Morgan fingerprint density at radius 3 is 2.84 bits per heavy atom. The SMILES string of the molecule is Cc1cc(C)n2ncc(CN3CC[C@@H](CNC(=O)C(C)(C)C)C3)c2n1. The lowest BCUT2D eigenvalue weighted by atomic mass is 9.95. The number of nitrogens with zero attached hydrogens (tertiary/aromatic N) is 4. The lowest BCUT2D eigenvalue weighted by molar-refractivity contribution is -0.128. The molecular formula is C19H29N5O. The highest BCUT2D eigenvalue weighted by Gasteiger charge is 2.26. The van der Waals surface area contributed by atoms with Gasteiger partial charge in [-0.05, 0) is 38.8 Å². The molecule has 6 heteroatoms. The van der Waals surface area contributed by atoms with Crippen molar-refractivity contribution < 1.29 is 4.79 Å². The van der Waals surface area contributed by atoms with Gasteiger partial charge in [0.25, 0.3) is 0 Å². The Morgan fingerprint density at radius 2 is 2.12 bits per heavy atom. The first-order valence-electron chi connectivity index (χ1n) is 9.05. The molecular weight excluding hydrogens is 314 g/mol. The normalized spacial score (nSPS) is 18.8. The smallest absolute Gasteiger partial charge is 0.225 e. The van der Waals surface area contributed by atoms with E-state index in [2.05, 4.69) is 27.2 Å². The molecule has 1 saturated heterocycles. The summed E-state index contributed by atoms with van der Waals surface area (Å²) in [7, 11) is 0. The number of carbonyl (C=O) groups excluding carboxylic acids is 1. The van der Waals surface area contributed by atoms with Crippen molar-refractivity contribution in [1.29, 1.82) is 0 Å². The molecule has 1 amide bonds. The van der Waals surface area contributed by atoms with E-state index in [-0.39, 0.29) is 11.3 Å². The third-order valence-corrected chi connectivity index (χ3v) is 4.85. The Kier molecular flexibility index (Phi) is 4.82. The predicted molar refractivity (Wildman–Crippen MR) is 98.3 cm³/mol. The zero-order chi connectivity index (χ0) is 18.2. The molecule has 3 rings (SSSR count). The topological polar surface area (TPSA) is 62.5 Å². The maximum atomic E-state index is 12.0. The average molecular weight is 343 g/mol. The van der Waals surface area contributed by atoms with E-state index in [4.69, 9.17) is 0 Å². The molecule has 1 fully saturated rings. The highest BCUT2D eigenvalue weighted by atomic mass is 16.2. The molecule has 0 aliphatic carbocycles. The second-order valence-electron chi connectivity index (χ2n) is 8.29. The highest BCUT2D eigenvalue weighted by Crippen LogP contribution is 2.21. The summed E-state index contributed by atoms with van der Waals surface area (Å²) in [5.41, 5.74) is 3.94. The fraction of sp³-hybridized carbons (Fsp3) is 0.632. The number of aryl methyl sites for hydroxylation is 2.